The van der Waals surface area contributed by atoms with Gasteiger partial charge < -0.3 is 5.11 Å². The molecule has 0 aliphatic carbocycles. The zero-order chi connectivity index (χ0) is 22.0. The van der Waals surface area contributed by atoms with Crippen molar-refractivity contribution in [2.24, 2.45) is 15.3 Å². The normalized spacial score (nSPS) is 16.2. The Morgan fingerprint density at radius 3 is 2.84 bits per heavy atom. The lowest BCUT2D eigenvalue weighted by molar-refractivity contribution is -0.384. The largest absolute Gasteiger partial charge is 0.392 e. The maximum absolute atomic E-state index is 12.8. The summed E-state index contributed by atoms with van der Waals surface area (Å²) in [6, 6.07) is 12.2. The number of hydrazone groups is 1. The summed E-state index contributed by atoms with van der Waals surface area (Å²) >= 11 is 1.20. The number of anilines is 1. The van der Waals surface area contributed by atoms with Gasteiger partial charge >= 0.3 is 0 Å². The number of aromatic nitrogens is 1. The van der Waals surface area contributed by atoms with Crippen LogP contribution in [-0.2, 0) is 11.4 Å². The summed E-state index contributed by atoms with van der Waals surface area (Å²) in [5.74, 6) is -0.389. The highest BCUT2D eigenvalue weighted by Crippen LogP contribution is 2.32. The number of thiazole rings is 1. The Labute approximate surface area is 180 Å². The van der Waals surface area contributed by atoms with Crippen LogP contribution in [0.2, 0.25) is 0 Å². The molecule has 156 valence electrons. The predicted molar refractivity (Wildman–Crippen MR) is 115 cm³/mol. The first-order valence-corrected chi connectivity index (χ1v) is 10.0. The third-order valence-corrected chi connectivity index (χ3v) is 5.32. The van der Waals surface area contributed by atoms with Gasteiger partial charge in [0.1, 0.15) is 0 Å². The Morgan fingerprint density at radius 1 is 1.26 bits per heavy atom. The first-order chi connectivity index (χ1) is 15.0. The summed E-state index contributed by atoms with van der Waals surface area (Å²) in [7, 11) is 0. The molecule has 1 aliphatic heterocycles. The number of aliphatic hydroxyl groups is 1. The van der Waals surface area contributed by atoms with Gasteiger partial charge in [-0.25, -0.2) is 4.98 Å². The number of benzene rings is 2. The van der Waals surface area contributed by atoms with Crippen molar-refractivity contribution in [3.8, 4) is 11.3 Å². The van der Waals surface area contributed by atoms with Crippen molar-refractivity contribution in [3.63, 3.8) is 0 Å². The number of non-ortho nitro benzene ring substituents is 1. The second-order valence-corrected chi connectivity index (χ2v) is 7.50. The van der Waals surface area contributed by atoms with Crippen LogP contribution in [0, 0.1) is 10.1 Å². The Balaban J connectivity index is 1.54. The summed E-state index contributed by atoms with van der Waals surface area (Å²) in [5, 5.41) is 35.9. The molecule has 0 unspecified atom stereocenters. The Morgan fingerprint density at radius 2 is 2.06 bits per heavy atom. The number of carbonyl (C=O) groups excluding carboxylic acids is 1. The molecule has 10 nitrogen and oxygen atoms in total. The standard InChI is InChI=1S/C20H16N6O4S/c1-12-18(23-22-15-6-2-4-13(8-15)10-27)19(28)25(24-12)20-21-17(11-31-20)14-5-3-7-16(9-14)26(29)30/h2-9,11,18,27H,10H2,1H3/t18-/m0/s1. The third kappa shape index (κ3) is 4.22. The van der Waals surface area contributed by atoms with Gasteiger partial charge in [-0.3, -0.25) is 14.9 Å². The molecule has 0 radical (unpaired) electrons. The number of azo groups is 1. The van der Waals surface area contributed by atoms with Gasteiger partial charge in [-0.2, -0.15) is 20.3 Å². The lowest BCUT2D eigenvalue weighted by Gasteiger charge is -2.08. The Bertz CT molecular complexity index is 1220. The van der Waals surface area contributed by atoms with Gasteiger partial charge in [0.05, 0.1) is 28.6 Å². The zero-order valence-electron chi connectivity index (χ0n) is 16.2. The molecule has 4 rings (SSSR count). The molecule has 3 aromatic rings. The van der Waals surface area contributed by atoms with Crippen molar-refractivity contribution in [3.05, 3.63) is 69.6 Å². The Hall–Kier alpha value is -3.83. The van der Waals surface area contributed by atoms with E-state index in [2.05, 4.69) is 20.3 Å². The molecular weight excluding hydrogens is 420 g/mol. The van der Waals surface area contributed by atoms with Crippen LogP contribution < -0.4 is 5.01 Å². The summed E-state index contributed by atoms with van der Waals surface area (Å²) < 4.78 is 0. The van der Waals surface area contributed by atoms with Gasteiger partial charge in [-0.1, -0.05) is 24.3 Å². The van der Waals surface area contributed by atoms with Gasteiger partial charge in [0, 0.05) is 23.1 Å². The van der Waals surface area contributed by atoms with Crippen LogP contribution in [-0.4, -0.2) is 32.7 Å². The van der Waals surface area contributed by atoms with Crippen molar-refractivity contribution in [2.45, 2.75) is 19.6 Å². The molecule has 1 N–H and O–H groups in total. The van der Waals surface area contributed by atoms with E-state index in [0.717, 1.165) is 0 Å². The first-order valence-electron chi connectivity index (χ1n) is 9.16. The molecule has 1 amide bonds. The van der Waals surface area contributed by atoms with Crippen LogP contribution in [0.3, 0.4) is 0 Å². The minimum absolute atomic E-state index is 0.0380. The number of hydrogen-bond donors (Lipinski definition) is 1. The third-order valence-electron chi connectivity index (χ3n) is 4.50. The van der Waals surface area contributed by atoms with Crippen LogP contribution in [0.4, 0.5) is 16.5 Å². The Kier molecular flexibility index (Phi) is 5.60. The van der Waals surface area contributed by atoms with Crippen molar-refractivity contribution >= 4 is 39.5 Å². The molecule has 0 fully saturated rings. The van der Waals surface area contributed by atoms with Gasteiger partial charge in [0.2, 0.25) is 5.13 Å². The molecule has 0 bridgehead atoms. The topological polar surface area (TPSA) is 134 Å². The molecule has 0 spiro atoms. The van der Waals surface area contributed by atoms with E-state index in [1.165, 1.54) is 28.5 Å². The highest BCUT2D eigenvalue weighted by Gasteiger charge is 2.36. The molecule has 0 saturated carbocycles. The van der Waals surface area contributed by atoms with E-state index >= 15 is 0 Å². The van der Waals surface area contributed by atoms with E-state index in [-0.39, 0.29) is 18.2 Å². The van der Waals surface area contributed by atoms with Gasteiger partial charge in [-0.15, -0.1) is 11.3 Å². The molecule has 0 saturated heterocycles. The van der Waals surface area contributed by atoms with Crippen molar-refractivity contribution in [2.75, 3.05) is 5.01 Å². The van der Waals surface area contributed by atoms with Crippen LogP contribution in [0.1, 0.15) is 12.5 Å². The molecule has 2 heterocycles. The van der Waals surface area contributed by atoms with E-state index in [1.807, 2.05) is 0 Å². The second-order valence-electron chi connectivity index (χ2n) is 6.66. The number of nitro groups is 1. The molecule has 2 aromatic carbocycles. The average Bonchev–Trinajstić information content (AvgIpc) is 3.37. The maximum Gasteiger partial charge on any atom is 0.282 e. The fourth-order valence-corrected chi connectivity index (χ4v) is 3.73. The SMILES string of the molecule is CC1=NN(c2nc(-c3cccc([N+](=O)[O-])c3)cs2)C(=O)[C@H]1N=Nc1cccc(CO)c1. The highest BCUT2D eigenvalue weighted by atomic mass is 32.1. The van der Waals surface area contributed by atoms with Crippen LogP contribution in [0.15, 0.2) is 69.2 Å². The quantitative estimate of drug-likeness (QED) is 0.353. The highest BCUT2D eigenvalue weighted by molar-refractivity contribution is 7.14. The summed E-state index contributed by atoms with van der Waals surface area (Å²) in [6.07, 6.45) is 0. The predicted octanol–water partition coefficient (Wildman–Crippen LogP) is 4.09. The first kappa shape index (κ1) is 20.4. The number of nitro benzene ring substituents is 1. The monoisotopic (exact) mass is 436 g/mol. The van der Waals surface area contributed by atoms with Crippen LogP contribution in [0.25, 0.3) is 11.3 Å². The van der Waals surface area contributed by atoms with Crippen LogP contribution in [0.5, 0.6) is 0 Å². The van der Waals surface area contributed by atoms with E-state index in [1.54, 1.807) is 48.7 Å². The number of carbonyl (C=O) groups is 1. The molecule has 11 heteroatoms. The maximum atomic E-state index is 12.8. The fourth-order valence-electron chi connectivity index (χ4n) is 2.94. The molecule has 31 heavy (non-hydrogen) atoms. The lowest BCUT2D eigenvalue weighted by Crippen LogP contribution is -2.29. The van der Waals surface area contributed by atoms with Crippen molar-refractivity contribution in [1.29, 1.82) is 0 Å². The minimum atomic E-state index is -0.872. The minimum Gasteiger partial charge on any atom is -0.392 e. The van der Waals surface area contributed by atoms with E-state index in [0.29, 0.717) is 33.4 Å². The van der Waals surface area contributed by atoms with E-state index in [4.69, 9.17) is 0 Å². The van der Waals surface area contributed by atoms with Gasteiger partial charge in [-0.05, 0) is 24.6 Å². The molecule has 1 aromatic heterocycles. The zero-order valence-corrected chi connectivity index (χ0v) is 17.1. The van der Waals surface area contributed by atoms with Gasteiger partial charge in [0.25, 0.3) is 11.6 Å². The van der Waals surface area contributed by atoms with Crippen molar-refractivity contribution in [1.82, 2.24) is 4.98 Å². The molecule has 1 aliphatic rings. The van der Waals surface area contributed by atoms with Gasteiger partial charge in [0.15, 0.2) is 6.04 Å². The number of hydrogen-bond acceptors (Lipinski definition) is 9. The van der Waals surface area contributed by atoms with Crippen molar-refractivity contribution < 1.29 is 14.8 Å². The number of aliphatic hydroxyl groups excluding tert-OH is 1. The van der Waals surface area contributed by atoms with E-state index < -0.39 is 11.0 Å². The summed E-state index contributed by atoms with van der Waals surface area (Å²) in [5.41, 5.74) is 2.73. The second kappa shape index (κ2) is 8.50. The summed E-state index contributed by atoms with van der Waals surface area (Å²) in [4.78, 5) is 27.8. The van der Waals surface area contributed by atoms with Crippen LogP contribution >= 0.6 is 11.3 Å². The molecule has 1 atom stereocenters. The summed E-state index contributed by atoms with van der Waals surface area (Å²) in [6.45, 7) is 1.57. The number of amides is 1. The smallest absolute Gasteiger partial charge is 0.282 e. The lowest BCUT2D eigenvalue weighted by atomic mass is 10.1. The average molecular weight is 436 g/mol. The number of nitrogens with zero attached hydrogens (tertiary/aromatic N) is 6. The number of rotatable bonds is 6. The fraction of sp³-hybridized carbons (Fsp3) is 0.150. The van der Waals surface area contributed by atoms with E-state index in [9.17, 15) is 20.0 Å². The molecular formula is C20H16N6O4S.